The zero-order valence-corrected chi connectivity index (χ0v) is 14.3. The average molecular weight is 296 g/mol. The normalized spacial score (nSPS) is 12.8. The van der Waals surface area contributed by atoms with Crippen molar-refractivity contribution < 1.29 is 0 Å². The van der Waals surface area contributed by atoms with Crippen molar-refractivity contribution in [1.29, 1.82) is 0 Å². The molecule has 0 amide bonds. The van der Waals surface area contributed by atoms with E-state index in [1.165, 1.54) is 34.1 Å². The highest BCUT2D eigenvalue weighted by Crippen LogP contribution is 2.48. The van der Waals surface area contributed by atoms with Gasteiger partial charge in [-0.05, 0) is 36.4 Å². The highest BCUT2D eigenvalue weighted by molar-refractivity contribution is 5.95. The van der Waals surface area contributed by atoms with Gasteiger partial charge in [0, 0.05) is 53.7 Å². The Labute approximate surface area is 133 Å². The summed E-state index contributed by atoms with van der Waals surface area (Å²) < 4.78 is 0. The third-order valence-corrected chi connectivity index (χ3v) is 4.40. The highest BCUT2D eigenvalue weighted by Gasteiger charge is 2.24. The number of rotatable bonds is 2. The largest absolute Gasteiger partial charge is 0.378 e. The summed E-state index contributed by atoms with van der Waals surface area (Å²) in [7, 11) is 12.6. The molecule has 1 aliphatic rings. The van der Waals surface area contributed by atoms with E-state index in [2.05, 4.69) is 98.3 Å². The van der Waals surface area contributed by atoms with Gasteiger partial charge in [0.1, 0.15) is 0 Å². The zero-order valence-electron chi connectivity index (χ0n) is 14.3. The Kier molecular flexibility index (Phi) is 3.39. The van der Waals surface area contributed by atoms with Gasteiger partial charge >= 0.3 is 0 Å². The summed E-state index contributed by atoms with van der Waals surface area (Å²) in [5.41, 5.74) is 7.36. The van der Waals surface area contributed by atoms with E-state index < -0.39 is 0 Å². The lowest BCUT2D eigenvalue weighted by molar-refractivity contribution is 1.07. The first-order chi connectivity index (χ1) is 10.4. The van der Waals surface area contributed by atoms with Crippen molar-refractivity contribution in [3.8, 4) is 0 Å². The smallest absolute Gasteiger partial charge is 0.0670 e. The maximum atomic E-state index is 2.28. The van der Waals surface area contributed by atoms with Crippen LogP contribution in [0.15, 0.2) is 36.4 Å². The van der Waals surface area contributed by atoms with E-state index >= 15 is 0 Å². The third kappa shape index (κ3) is 2.15. The molecule has 1 heterocycles. The molecule has 0 radical (unpaired) electrons. The molecule has 4 heteroatoms. The van der Waals surface area contributed by atoms with Gasteiger partial charge in [-0.2, -0.15) is 0 Å². The zero-order chi connectivity index (χ0) is 16.0. The molecule has 0 saturated heterocycles. The molecule has 0 aliphatic carbocycles. The number of fused-ring (bicyclic) bond motifs is 2. The van der Waals surface area contributed by atoms with Crippen molar-refractivity contribution in [1.82, 2.24) is 0 Å². The van der Waals surface area contributed by atoms with Crippen LogP contribution in [0.1, 0.15) is 0 Å². The second kappa shape index (κ2) is 5.13. The van der Waals surface area contributed by atoms with E-state index in [-0.39, 0.29) is 0 Å². The van der Waals surface area contributed by atoms with E-state index in [4.69, 9.17) is 0 Å². The van der Waals surface area contributed by atoms with Crippen LogP contribution in [-0.2, 0) is 0 Å². The first-order valence-corrected chi connectivity index (χ1v) is 7.50. The quantitative estimate of drug-likeness (QED) is 0.838. The maximum absolute atomic E-state index is 2.28. The van der Waals surface area contributed by atoms with Crippen molar-refractivity contribution in [2.24, 2.45) is 0 Å². The summed E-state index contributed by atoms with van der Waals surface area (Å²) in [6.07, 6.45) is 0. The van der Waals surface area contributed by atoms with Crippen molar-refractivity contribution in [3.63, 3.8) is 0 Å². The minimum atomic E-state index is 1.21. The summed E-state index contributed by atoms with van der Waals surface area (Å²) in [6, 6.07) is 13.2. The van der Waals surface area contributed by atoms with Gasteiger partial charge in [0.25, 0.3) is 0 Å². The second-order valence-corrected chi connectivity index (χ2v) is 6.25. The lowest BCUT2D eigenvalue weighted by Crippen LogP contribution is -2.25. The van der Waals surface area contributed by atoms with Crippen molar-refractivity contribution >= 4 is 34.1 Å². The molecule has 0 atom stereocenters. The van der Waals surface area contributed by atoms with E-state index in [0.29, 0.717) is 0 Å². The van der Waals surface area contributed by atoms with Crippen molar-refractivity contribution in [2.75, 3.05) is 61.9 Å². The molecule has 1 aliphatic heterocycles. The number of benzene rings is 2. The van der Waals surface area contributed by atoms with Crippen molar-refractivity contribution in [2.45, 2.75) is 0 Å². The van der Waals surface area contributed by atoms with Crippen LogP contribution in [0.4, 0.5) is 34.1 Å². The third-order valence-electron chi connectivity index (χ3n) is 4.40. The van der Waals surface area contributed by atoms with Crippen LogP contribution in [0.2, 0.25) is 0 Å². The Morgan fingerprint density at radius 1 is 0.591 bits per heavy atom. The Hall–Kier alpha value is -2.36. The van der Waals surface area contributed by atoms with Crippen LogP contribution in [-0.4, -0.2) is 42.3 Å². The Bertz CT molecular complexity index is 647. The number of hydrogen-bond acceptors (Lipinski definition) is 4. The van der Waals surface area contributed by atoms with Crippen LogP contribution >= 0.6 is 0 Å². The lowest BCUT2D eigenvalue weighted by Gasteiger charge is -2.37. The molecule has 2 aromatic carbocycles. The molecule has 3 rings (SSSR count). The summed E-state index contributed by atoms with van der Waals surface area (Å²) in [6.45, 7) is 0. The van der Waals surface area contributed by atoms with Crippen LogP contribution < -0.4 is 19.6 Å². The SMILES string of the molecule is CN(C)c1ccc2c(c1)N(C)c1cc(N(C)C)ccc1N2C. The predicted molar refractivity (Wildman–Crippen MR) is 97.7 cm³/mol. The van der Waals surface area contributed by atoms with Crippen LogP contribution in [0.25, 0.3) is 0 Å². The summed E-state index contributed by atoms with van der Waals surface area (Å²) >= 11 is 0. The first-order valence-electron chi connectivity index (χ1n) is 7.50. The predicted octanol–water partition coefficient (Wildman–Crippen LogP) is 3.67. The molecule has 0 N–H and O–H groups in total. The molecule has 0 spiro atoms. The standard InChI is InChI=1S/C18H24N4/c1-19(2)13-7-9-15-17(11-13)22(6)18-12-14(20(3)4)8-10-16(18)21(15)5/h7-12H,1-6H3. The van der Waals surface area contributed by atoms with E-state index in [1.54, 1.807) is 0 Å². The summed E-state index contributed by atoms with van der Waals surface area (Å²) in [5, 5.41) is 0. The monoisotopic (exact) mass is 296 g/mol. The topological polar surface area (TPSA) is 13.0 Å². The van der Waals surface area contributed by atoms with E-state index in [0.717, 1.165) is 0 Å². The number of nitrogens with zero attached hydrogens (tertiary/aromatic N) is 4. The fourth-order valence-electron chi connectivity index (χ4n) is 2.94. The molecule has 2 aromatic rings. The lowest BCUT2D eigenvalue weighted by atomic mass is 10.1. The molecule has 0 fully saturated rings. The number of anilines is 6. The molecule has 116 valence electrons. The summed E-state index contributed by atoms with van der Waals surface area (Å²) in [4.78, 5) is 8.83. The molecule has 0 aromatic heterocycles. The first kappa shape index (κ1) is 14.6. The Morgan fingerprint density at radius 3 is 1.32 bits per heavy atom. The minimum absolute atomic E-state index is 1.21. The second-order valence-electron chi connectivity index (χ2n) is 6.25. The molecular weight excluding hydrogens is 272 g/mol. The molecular formula is C18H24N4. The van der Waals surface area contributed by atoms with Crippen LogP contribution in [0.5, 0.6) is 0 Å². The van der Waals surface area contributed by atoms with Gasteiger partial charge in [0.15, 0.2) is 0 Å². The average Bonchev–Trinajstić information content (AvgIpc) is 2.51. The van der Waals surface area contributed by atoms with Gasteiger partial charge in [0.05, 0.1) is 22.7 Å². The van der Waals surface area contributed by atoms with Gasteiger partial charge in [-0.3, -0.25) is 0 Å². The van der Waals surface area contributed by atoms with Gasteiger partial charge < -0.3 is 19.6 Å². The molecule has 22 heavy (non-hydrogen) atoms. The molecule has 0 unspecified atom stereocenters. The molecule has 4 nitrogen and oxygen atoms in total. The van der Waals surface area contributed by atoms with Crippen molar-refractivity contribution in [3.05, 3.63) is 36.4 Å². The van der Waals surface area contributed by atoms with Gasteiger partial charge in [0.2, 0.25) is 0 Å². The van der Waals surface area contributed by atoms with Gasteiger partial charge in [-0.1, -0.05) is 0 Å². The fourth-order valence-corrected chi connectivity index (χ4v) is 2.94. The molecule has 0 saturated carbocycles. The summed E-state index contributed by atoms with van der Waals surface area (Å²) in [5.74, 6) is 0. The van der Waals surface area contributed by atoms with Gasteiger partial charge in [-0.25, -0.2) is 0 Å². The van der Waals surface area contributed by atoms with Crippen LogP contribution in [0.3, 0.4) is 0 Å². The maximum Gasteiger partial charge on any atom is 0.0670 e. The molecule has 0 bridgehead atoms. The van der Waals surface area contributed by atoms with E-state index in [9.17, 15) is 0 Å². The highest BCUT2D eigenvalue weighted by atomic mass is 15.2. The fraction of sp³-hybridized carbons (Fsp3) is 0.333. The van der Waals surface area contributed by atoms with Gasteiger partial charge in [-0.15, -0.1) is 0 Å². The number of hydrogen-bond donors (Lipinski definition) is 0. The minimum Gasteiger partial charge on any atom is -0.378 e. The Balaban J connectivity index is 2.14. The van der Waals surface area contributed by atoms with Crippen LogP contribution in [0, 0.1) is 0 Å². The Morgan fingerprint density at radius 2 is 0.955 bits per heavy atom. The van der Waals surface area contributed by atoms with E-state index in [1.807, 2.05) is 0 Å².